The number of fused-ring (bicyclic) bond motifs is 1. The number of esters is 1. The van der Waals surface area contributed by atoms with Crippen LogP contribution in [0.3, 0.4) is 0 Å². The number of imidazole rings is 1. The van der Waals surface area contributed by atoms with Crippen LogP contribution in [0.15, 0.2) is 48.9 Å². The van der Waals surface area contributed by atoms with Gasteiger partial charge in [0.1, 0.15) is 18.1 Å². The summed E-state index contributed by atoms with van der Waals surface area (Å²) in [6, 6.07) is 9.00. The smallest absolute Gasteiger partial charge is 0.329 e. The maximum absolute atomic E-state index is 12.5. The topological polar surface area (TPSA) is 116 Å². The van der Waals surface area contributed by atoms with E-state index in [0.29, 0.717) is 18.2 Å². The van der Waals surface area contributed by atoms with Gasteiger partial charge in [0, 0.05) is 24.0 Å². The van der Waals surface area contributed by atoms with E-state index in [1.807, 2.05) is 30.3 Å². The zero-order chi connectivity index (χ0) is 21.5. The first-order chi connectivity index (χ1) is 15.1. The van der Waals surface area contributed by atoms with Crippen LogP contribution in [-0.4, -0.2) is 49.1 Å². The lowest BCUT2D eigenvalue weighted by Gasteiger charge is -2.26. The molecular weight excluding hydrogens is 400 g/mol. The Hall–Kier alpha value is -3.82. The van der Waals surface area contributed by atoms with Gasteiger partial charge in [0.15, 0.2) is 0 Å². The van der Waals surface area contributed by atoms with Gasteiger partial charge in [0.2, 0.25) is 11.8 Å². The van der Waals surface area contributed by atoms with Crippen LogP contribution in [0.4, 0.5) is 11.5 Å². The Morgan fingerprint density at radius 2 is 2.06 bits per heavy atom. The number of carbonyl (C=O) groups is 1. The molecule has 0 spiro atoms. The van der Waals surface area contributed by atoms with Crippen LogP contribution >= 0.6 is 0 Å². The minimum Gasteiger partial charge on any atom is -0.464 e. The van der Waals surface area contributed by atoms with Gasteiger partial charge in [0.25, 0.3) is 0 Å². The molecule has 0 radical (unpaired) electrons. The van der Waals surface area contributed by atoms with Crippen molar-refractivity contribution in [2.75, 3.05) is 11.5 Å². The van der Waals surface area contributed by atoms with Crippen molar-refractivity contribution < 1.29 is 14.5 Å². The van der Waals surface area contributed by atoms with Crippen molar-refractivity contribution in [1.29, 1.82) is 0 Å². The predicted octanol–water partition coefficient (Wildman–Crippen LogP) is 2.77. The van der Waals surface area contributed by atoms with Crippen LogP contribution in [0.2, 0.25) is 0 Å². The fourth-order valence-corrected chi connectivity index (χ4v) is 4.27. The van der Waals surface area contributed by atoms with E-state index in [9.17, 15) is 14.9 Å². The summed E-state index contributed by atoms with van der Waals surface area (Å²) in [5.41, 5.74) is 0.635. The van der Waals surface area contributed by atoms with Gasteiger partial charge in [-0.2, -0.15) is 4.98 Å². The highest BCUT2D eigenvalue weighted by atomic mass is 16.6. The van der Waals surface area contributed by atoms with Crippen molar-refractivity contribution in [2.24, 2.45) is 5.92 Å². The number of aromatic nitrogens is 4. The molecule has 10 nitrogen and oxygen atoms in total. The van der Waals surface area contributed by atoms with Crippen LogP contribution < -0.4 is 4.90 Å². The first-order valence-corrected chi connectivity index (χ1v) is 10.1. The fraction of sp³-hybridized carbons (Fsp3) is 0.333. The summed E-state index contributed by atoms with van der Waals surface area (Å²) in [6.07, 6.45) is 6.03. The summed E-state index contributed by atoms with van der Waals surface area (Å²) in [4.78, 5) is 38.7. The first kappa shape index (κ1) is 19.2. The molecule has 0 N–H and O–H groups in total. The average Bonchev–Trinajstić information content (AvgIpc) is 3.21. The Balaban J connectivity index is 1.60. The standard InChI is InChI=1S/C21H20N6O4/c1-2-31-20(28)16-11-14-10-15(14)26(16)19-17(27(29)30)12-23-21(24-19)25-9-8-22-18(25)13-6-4-3-5-7-13/h3-9,12,14-16H,2,10-11H2,1H3/t14?,15?,16-/m1/s1. The van der Waals surface area contributed by atoms with E-state index in [1.165, 1.54) is 6.20 Å². The Morgan fingerprint density at radius 3 is 2.81 bits per heavy atom. The highest BCUT2D eigenvalue weighted by Crippen LogP contribution is 2.51. The first-order valence-electron chi connectivity index (χ1n) is 10.1. The molecule has 5 rings (SSSR count). The van der Waals surface area contributed by atoms with E-state index in [4.69, 9.17) is 4.74 Å². The molecule has 3 atom stereocenters. The minimum absolute atomic E-state index is 0.0484. The van der Waals surface area contributed by atoms with Gasteiger partial charge in [0.05, 0.1) is 11.5 Å². The molecule has 10 heteroatoms. The van der Waals surface area contributed by atoms with Crippen molar-refractivity contribution in [3.8, 4) is 17.3 Å². The molecular formula is C21H20N6O4. The Labute approximate surface area is 177 Å². The highest BCUT2D eigenvalue weighted by molar-refractivity contribution is 5.83. The van der Waals surface area contributed by atoms with E-state index in [-0.39, 0.29) is 36.1 Å². The Morgan fingerprint density at radius 1 is 1.26 bits per heavy atom. The van der Waals surface area contributed by atoms with E-state index in [2.05, 4.69) is 15.0 Å². The Kier molecular flexibility index (Phi) is 4.61. The van der Waals surface area contributed by atoms with Crippen LogP contribution in [0.1, 0.15) is 19.8 Å². The van der Waals surface area contributed by atoms with E-state index >= 15 is 0 Å². The zero-order valence-electron chi connectivity index (χ0n) is 16.8. The fourth-order valence-electron chi connectivity index (χ4n) is 4.27. The zero-order valence-corrected chi connectivity index (χ0v) is 16.8. The summed E-state index contributed by atoms with van der Waals surface area (Å²) >= 11 is 0. The molecule has 2 unspecified atom stereocenters. The lowest BCUT2D eigenvalue weighted by Crippen LogP contribution is -2.41. The average molecular weight is 420 g/mol. The molecule has 1 saturated carbocycles. The lowest BCUT2D eigenvalue weighted by molar-refractivity contribution is -0.384. The van der Waals surface area contributed by atoms with Crippen LogP contribution in [-0.2, 0) is 9.53 Å². The van der Waals surface area contributed by atoms with Crippen molar-refractivity contribution in [2.45, 2.75) is 31.8 Å². The molecule has 1 aliphatic heterocycles. The van der Waals surface area contributed by atoms with Crippen molar-refractivity contribution >= 4 is 17.5 Å². The highest BCUT2D eigenvalue weighted by Gasteiger charge is 2.56. The molecule has 31 heavy (non-hydrogen) atoms. The molecule has 1 saturated heterocycles. The molecule has 0 bridgehead atoms. The predicted molar refractivity (Wildman–Crippen MR) is 111 cm³/mol. The SMILES string of the molecule is CCOC(=O)[C@H]1CC2CC2N1c1nc(-n2ccnc2-c2ccccc2)ncc1[N+](=O)[O-]. The Bertz CT molecular complexity index is 1150. The number of nitro groups is 1. The number of anilines is 1. The number of rotatable bonds is 6. The number of hydrogen-bond donors (Lipinski definition) is 0. The monoisotopic (exact) mass is 420 g/mol. The molecule has 1 aliphatic carbocycles. The molecule has 0 amide bonds. The molecule has 158 valence electrons. The third-order valence-electron chi connectivity index (χ3n) is 5.73. The summed E-state index contributed by atoms with van der Waals surface area (Å²) in [7, 11) is 0. The summed E-state index contributed by atoms with van der Waals surface area (Å²) < 4.78 is 6.90. The maximum atomic E-state index is 12.5. The van der Waals surface area contributed by atoms with Gasteiger partial charge >= 0.3 is 11.7 Å². The molecule has 2 aromatic heterocycles. The summed E-state index contributed by atoms with van der Waals surface area (Å²) in [6.45, 7) is 2.00. The molecule has 3 aromatic rings. The van der Waals surface area contributed by atoms with Gasteiger partial charge in [-0.25, -0.2) is 14.8 Å². The van der Waals surface area contributed by atoms with Crippen molar-refractivity contribution in [1.82, 2.24) is 19.5 Å². The van der Waals surface area contributed by atoms with E-state index in [1.54, 1.807) is 28.8 Å². The van der Waals surface area contributed by atoms with Crippen molar-refractivity contribution in [3.05, 3.63) is 59.0 Å². The lowest BCUT2D eigenvalue weighted by atomic mass is 10.1. The van der Waals surface area contributed by atoms with Gasteiger partial charge in [-0.1, -0.05) is 30.3 Å². The van der Waals surface area contributed by atoms with Gasteiger partial charge < -0.3 is 9.64 Å². The second-order valence-corrected chi connectivity index (χ2v) is 7.60. The third kappa shape index (κ3) is 3.29. The van der Waals surface area contributed by atoms with Crippen molar-refractivity contribution in [3.63, 3.8) is 0 Å². The molecule has 2 aliphatic rings. The second-order valence-electron chi connectivity index (χ2n) is 7.60. The minimum atomic E-state index is -0.582. The third-order valence-corrected chi connectivity index (χ3v) is 5.73. The van der Waals surface area contributed by atoms with E-state index in [0.717, 1.165) is 12.0 Å². The molecule has 1 aromatic carbocycles. The number of ether oxygens (including phenoxy) is 1. The van der Waals surface area contributed by atoms with Crippen LogP contribution in [0.25, 0.3) is 17.3 Å². The normalized spacial score (nSPS) is 21.6. The van der Waals surface area contributed by atoms with Crippen LogP contribution in [0, 0.1) is 16.0 Å². The quantitative estimate of drug-likeness (QED) is 0.339. The molecule has 3 heterocycles. The summed E-state index contributed by atoms with van der Waals surface area (Å²) in [5, 5.41) is 11.8. The number of benzene rings is 1. The van der Waals surface area contributed by atoms with Crippen LogP contribution in [0.5, 0.6) is 0 Å². The maximum Gasteiger partial charge on any atom is 0.329 e. The van der Waals surface area contributed by atoms with Gasteiger partial charge in [-0.05, 0) is 25.7 Å². The second kappa shape index (κ2) is 7.46. The number of piperidine rings is 1. The number of nitrogens with zero attached hydrogens (tertiary/aromatic N) is 6. The number of carbonyl (C=O) groups excluding carboxylic acids is 1. The summed E-state index contributed by atoms with van der Waals surface area (Å²) in [5.74, 6) is 0.958. The van der Waals surface area contributed by atoms with E-state index < -0.39 is 11.0 Å². The largest absolute Gasteiger partial charge is 0.464 e. The number of hydrogen-bond acceptors (Lipinski definition) is 8. The van der Waals surface area contributed by atoms with Gasteiger partial charge in [-0.3, -0.25) is 14.7 Å². The van der Waals surface area contributed by atoms with Gasteiger partial charge in [-0.15, -0.1) is 0 Å². The molecule has 2 fully saturated rings.